The van der Waals surface area contributed by atoms with Crippen LogP contribution in [0.25, 0.3) is 11.3 Å². The molecule has 1 aromatic heterocycles. The van der Waals surface area contributed by atoms with Crippen LogP contribution in [0.3, 0.4) is 0 Å². The first kappa shape index (κ1) is 18.7. The molecule has 1 aromatic carbocycles. The third kappa shape index (κ3) is 5.44. The normalized spacial score (nSPS) is 16.4. The van der Waals surface area contributed by atoms with E-state index in [4.69, 9.17) is 9.47 Å². The summed E-state index contributed by atoms with van der Waals surface area (Å²) in [6, 6.07) is 11.6. The highest BCUT2D eigenvalue weighted by molar-refractivity contribution is 7.99. The second-order valence-corrected chi connectivity index (χ2v) is 6.94. The molecule has 1 N–H and O–H groups in total. The maximum atomic E-state index is 11.9. The molecule has 0 spiro atoms. The van der Waals surface area contributed by atoms with Gasteiger partial charge >= 0.3 is 0 Å². The highest BCUT2D eigenvalue weighted by Crippen LogP contribution is 2.22. The number of carbonyl (C=O) groups is 1. The quantitative estimate of drug-likeness (QED) is 0.717. The predicted octanol–water partition coefficient (Wildman–Crippen LogP) is 2.93. The van der Waals surface area contributed by atoms with Gasteiger partial charge in [-0.3, -0.25) is 4.79 Å². The molecule has 2 heterocycles. The van der Waals surface area contributed by atoms with Gasteiger partial charge in [-0.15, -0.1) is 10.2 Å². The van der Waals surface area contributed by atoms with E-state index in [1.165, 1.54) is 11.8 Å². The number of carbonyl (C=O) groups excluding carboxylic acids is 1. The van der Waals surface area contributed by atoms with Crippen molar-refractivity contribution in [1.29, 1.82) is 0 Å². The third-order valence-corrected chi connectivity index (χ3v) is 4.92. The van der Waals surface area contributed by atoms with Gasteiger partial charge in [0.2, 0.25) is 5.91 Å². The zero-order valence-corrected chi connectivity index (χ0v) is 15.6. The average molecular weight is 373 g/mol. The molecule has 1 aliphatic heterocycles. The smallest absolute Gasteiger partial charge is 0.230 e. The Morgan fingerprint density at radius 3 is 2.77 bits per heavy atom. The topological polar surface area (TPSA) is 73.3 Å². The molecule has 1 saturated heterocycles. The molecule has 0 bridgehead atoms. The van der Waals surface area contributed by atoms with Crippen molar-refractivity contribution >= 4 is 17.7 Å². The van der Waals surface area contributed by atoms with Gasteiger partial charge in [0.15, 0.2) is 0 Å². The van der Waals surface area contributed by atoms with Gasteiger partial charge in [-0.05, 0) is 56.2 Å². The highest BCUT2D eigenvalue weighted by Gasteiger charge is 2.16. The Hall–Kier alpha value is -2.12. The van der Waals surface area contributed by atoms with E-state index in [0.717, 1.165) is 41.5 Å². The van der Waals surface area contributed by atoms with E-state index in [1.807, 2.05) is 43.3 Å². The summed E-state index contributed by atoms with van der Waals surface area (Å²) in [5, 5.41) is 12.1. The minimum Gasteiger partial charge on any atom is -0.494 e. The fraction of sp³-hybridized carbons (Fsp3) is 0.421. The van der Waals surface area contributed by atoms with Crippen LogP contribution in [0.5, 0.6) is 5.75 Å². The number of hydrogen-bond acceptors (Lipinski definition) is 6. The van der Waals surface area contributed by atoms with Crippen molar-refractivity contribution in [2.24, 2.45) is 0 Å². The number of amides is 1. The van der Waals surface area contributed by atoms with Crippen LogP contribution in [-0.4, -0.2) is 47.7 Å². The molecule has 1 fully saturated rings. The Balaban J connectivity index is 1.47. The summed E-state index contributed by atoms with van der Waals surface area (Å²) < 4.78 is 10.9. The van der Waals surface area contributed by atoms with Crippen LogP contribution < -0.4 is 10.1 Å². The van der Waals surface area contributed by atoms with Crippen molar-refractivity contribution in [1.82, 2.24) is 15.5 Å². The molecule has 2 aromatic rings. The Labute approximate surface area is 157 Å². The molecule has 0 radical (unpaired) electrons. The van der Waals surface area contributed by atoms with E-state index in [9.17, 15) is 4.79 Å². The van der Waals surface area contributed by atoms with Gasteiger partial charge in [0.05, 0.1) is 24.2 Å². The van der Waals surface area contributed by atoms with Gasteiger partial charge in [0.25, 0.3) is 0 Å². The zero-order valence-electron chi connectivity index (χ0n) is 14.8. The van der Waals surface area contributed by atoms with Gasteiger partial charge in [0.1, 0.15) is 10.8 Å². The Bertz CT molecular complexity index is 701. The minimum atomic E-state index is -0.0112. The fourth-order valence-corrected chi connectivity index (χ4v) is 3.31. The lowest BCUT2D eigenvalue weighted by atomic mass is 10.1. The summed E-state index contributed by atoms with van der Waals surface area (Å²) in [4.78, 5) is 11.9. The predicted molar refractivity (Wildman–Crippen MR) is 101 cm³/mol. The number of rotatable bonds is 8. The maximum Gasteiger partial charge on any atom is 0.230 e. The minimum absolute atomic E-state index is 0.0112. The van der Waals surface area contributed by atoms with Crippen molar-refractivity contribution in [2.45, 2.75) is 30.9 Å². The summed E-state index contributed by atoms with van der Waals surface area (Å²) >= 11 is 1.38. The molecule has 0 unspecified atom stereocenters. The molecule has 1 aliphatic rings. The molecule has 26 heavy (non-hydrogen) atoms. The number of hydrogen-bond donors (Lipinski definition) is 1. The van der Waals surface area contributed by atoms with Crippen molar-refractivity contribution < 1.29 is 14.3 Å². The second-order valence-electron chi connectivity index (χ2n) is 5.94. The largest absolute Gasteiger partial charge is 0.494 e. The molecular formula is C19H23N3O3S. The van der Waals surface area contributed by atoms with Crippen molar-refractivity contribution in [3.05, 3.63) is 36.4 Å². The zero-order chi connectivity index (χ0) is 18.2. The van der Waals surface area contributed by atoms with E-state index in [2.05, 4.69) is 15.5 Å². The summed E-state index contributed by atoms with van der Waals surface area (Å²) in [6.07, 6.45) is 2.26. The molecule has 138 valence electrons. The van der Waals surface area contributed by atoms with Gasteiger partial charge in [0, 0.05) is 18.7 Å². The first-order valence-corrected chi connectivity index (χ1v) is 9.81. The monoisotopic (exact) mass is 373 g/mol. The summed E-state index contributed by atoms with van der Waals surface area (Å²) in [6.45, 7) is 3.98. The van der Waals surface area contributed by atoms with Crippen LogP contribution in [-0.2, 0) is 9.53 Å². The van der Waals surface area contributed by atoms with E-state index in [0.29, 0.717) is 18.9 Å². The lowest BCUT2D eigenvalue weighted by Gasteiger charge is -2.10. The SMILES string of the molecule is CCOc1ccc(-c2ccc(SCC(=O)NC[C@@H]3CCCO3)nn2)cc1. The van der Waals surface area contributed by atoms with Crippen molar-refractivity contribution in [3.63, 3.8) is 0 Å². The Morgan fingerprint density at radius 2 is 2.12 bits per heavy atom. The molecule has 3 rings (SSSR count). The summed E-state index contributed by atoms with van der Waals surface area (Å²) in [5.41, 5.74) is 1.77. The number of thioether (sulfide) groups is 1. The lowest BCUT2D eigenvalue weighted by molar-refractivity contribution is -0.119. The standard InChI is InChI=1S/C19H23N3O3S/c1-2-24-15-7-5-14(6-8-15)17-9-10-19(22-21-17)26-13-18(23)20-12-16-4-3-11-25-16/h5-10,16H,2-4,11-13H2,1H3,(H,20,23)/t16-/m0/s1. The van der Waals surface area contributed by atoms with Crippen LogP contribution in [0.15, 0.2) is 41.4 Å². The molecule has 7 heteroatoms. The van der Waals surface area contributed by atoms with Gasteiger partial charge < -0.3 is 14.8 Å². The second kappa shape index (κ2) is 9.54. The number of nitrogens with one attached hydrogen (secondary N) is 1. The van der Waals surface area contributed by atoms with Crippen molar-refractivity contribution in [3.8, 4) is 17.0 Å². The first-order valence-electron chi connectivity index (χ1n) is 8.82. The average Bonchev–Trinajstić information content (AvgIpc) is 3.20. The third-order valence-electron chi connectivity index (χ3n) is 4.00. The van der Waals surface area contributed by atoms with Crippen LogP contribution >= 0.6 is 11.8 Å². The van der Waals surface area contributed by atoms with Gasteiger partial charge in [-0.1, -0.05) is 11.8 Å². The van der Waals surface area contributed by atoms with E-state index >= 15 is 0 Å². The summed E-state index contributed by atoms with van der Waals surface area (Å²) in [5.74, 6) is 1.15. The number of ether oxygens (including phenoxy) is 2. The molecular weight excluding hydrogens is 350 g/mol. The van der Waals surface area contributed by atoms with Crippen LogP contribution in [0.1, 0.15) is 19.8 Å². The highest BCUT2D eigenvalue weighted by atomic mass is 32.2. The Kier molecular flexibility index (Phi) is 6.85. The number of nitrogens with zero attached hydrogens (tertiary/aromatic N) is 2. The molecule has 1 amide bonds. The van der Waals surface area contributed by atoms with E-state index in [1.54, 1.807) is 0 Å². The number of aromatic nitrogens is 2. The molecule has 1 atom stereocenters. The lowest BCUT2D eigenvalue weighted by Crippen LogP contribution is -2.32. The van der Waals surface area contributed by atoms with Crippen LogP contribution in [0, 0.1) is 0 Å². The number of benzene rings is 1. The van der Waals surface area contributed by atoms with Gasteiger partial charge in [-0.25, -0.2) is 0 Å². The maximum absolute atomic E-state index is 11.9. The van der Waals surface area contributed by atoms with Gasteiger partial charge in [-0.2, -0.15) is 0 Å². The molecule has 6 nitrogen and oxygen atoms in total. The molecule has 0 aliphatic carbocycles. The fourth-order valence-electron chi connectivity index (χ4n) is 2.66. The summed E-state index contributed by atoms with van der Waals surface area (Å²) in [7, 11) is 0. The van der Waals surface area contributed by atoms with Crippen LogP contribution in [0.2, 0.25) is 0 Å². The van der Waals surface area contributed by atoms with Crippen molar-refractivity contribution in [2.75, 3.05) is 25.5 Å². The Morgan fingerprint density at radius 1 is 1.27 bits per heavy atom. The van der Waals surface area contributed by atoms with E-state index in [-0.39, 0.29) is 12.0 Å². The van der Waals surface area contributed by atoms with Crippen LogP contribution in [0.4, 0.5) is 0 Å². The molecule has 0 saturated carbocycles. The van der Waals surface area contributed by atoms with E-state index < -0.39 is 0 Å². The first-order chi connectivity index (χ1) is 12.7.